The molecule has 0 N–H and O–H groups in total. The van der Waals surface area contributed by atoms with Crippen molar-refractivity contribution in [2.75, 3.05) is 5.75 Å². The van der Waals surface area contributed by atoms with Gasteiger partial charge in [-0.05, 0) is 12.1 Å². The fourth-order valence-electron chi connectivity index (χ4n) is 1.04. The van der Waals surface area contributed by atoms with Gasteiger partial charge in [-0.15, -0.1) is 0 Å². The van der Waals surface area contributed by atoms with Crippen LogP contribution in [-0.4, -0.2) is 10.9 Å². The Kier molecular flexibility index (Phi) is 5.11. The van der Waals surface area contributed by atoms with E-state index in [2.05, 4.69) is 11.8 Å². The van der Waals surface area contributed by atoms with Crippen LogP contribution in [-0.2, 0) is 4.79 Å². The van der Waals surface area contributed by atoms with Gasteiger partial charge in [-0.2, -0.15) is 0 Å². The maximum atomic E-state index is 12.8. The number of rotatable bonds is 2. The predicted octanol–water partition coefficient (Wildman–Crippen LogP) is 3.13. The van der Waals surface area contributed by atoms with E-state index in [1.807, 2.05) is 0 Å². The Labute approximate surface area is 101 Å². The minimum atomic E-state index is -1.50. The summed E-state index contributed by atoms with van der Waals surface area (Å²) in [4.78, 5) is 10.6. The molecule has 0 aliphatic carbocycles. The minimum Gasteiger partial charge on any atom is -0.288 e. The summed E-state index contributed by atoms with van der Waals surface area (Å²) in [5.74, 6) is 1.67. The van der Waals surface area contributed by atoms with E-state index in [0.29, 0.717) is 12.2 Å². The quantitative estimate of drug-likeness (QED) is 0.460. The fourth-order valence-corrected chi connectivity index (χ4v) is 1.53. The van der Waals surface area contributed by atoms with Gasteiger partial charge >= 0.3 is 0 Å². The molecule has 0 atom stereocenters. The van der Waals surface area contributed by atoms with Crippen LogP contribution in [0.2, 0.25) is 0 Å². The first-order chi connectivity index (χ1) is 8.00. The molecule has 0 aromatic heterocycles. The predicted molar refractivity (Wildman–Crippen MR) is 61.0 cm³/mol. The Hall–Kier alpha value is -1.41. The lowest BCUT2D eigenvalue weighted by molar-refractivity contribution is -0.109. The van der Waals surface area contributed by atoms with Crippen LogP contribution >= 0.6 is 11.8 Å². The molecule has 0 saturated heterocycles. The number of hydrogen-bond donors (Lipinski definition) is 0. The SMILES string of the molecule is CC(=O)SCCC#Cc1cc(F)c(F)c(F)c1. The molecule has 0 bridgehead atoms. The van der Waals surface area contributed by atoms with Gasteiger partial charge in [-0.25, -0.2) is 13.2 Å². The second-order valence-corrected chi connectivity index (χ2v) is 4.42. The van der Waals surface area contributed by atoms with E-state index in [1.54, 1.807) is 0 Å². The number of halogens is 3. The summed E-state index contributed by atoms with van der Waals surface area (Å²) in [7, 11) is 0. The van der Waals surface area contributed by atoms with Crippen LogP contribution in [0.3, 0.4) is 0 Å². The fraction of sp³-hybridized carbons (Fsp3) is 0.250. The van der Waals surface area contributed by atoms with Gasteiger partial charge in [0.25, 0.3) is 0 Å². The van der Waals surface area contributed by atoms with Gasteiger partial charge in [0.05, 0.1) is 0 Å². The second kappa shape index (κ2) is 6.36. The third-order valence-corrected chi connectivity index (χ3v) is 2.56. The highest BCUT2D eigenvalue weighted by Crippen LogP contribution is 2.12. The van der Waals surface area contributed by atoms with Crippen molar-refractivity contribution in [1.82, 2.24) is 0 Å². The average molecular weight is 258 g/mol. The van der Waals surface area contributed by atoms with Crippen LogP contribution in [0.4, 0.5) is 13.2 Å². The molecule has 0 saturated carbocycles. The zero-order valence-corrected chi connectivity index (χ0v) is 9.84. The summed E-state index contributed by atoms with van der Waals surface area (Å²) < 4.78 is 38.2. The summed E-state index contributed by atoms with van der Waals surface area (Å²) >= 11 is 1.13. The molecule has 0 amide bonds. The molecule has 17 heavy (non-hydrogen) atoms. The largest absolute Gasteiger partial charge is 0.288 e. The van der Waals surface area contributed by atoms with Gasteiger partial charge in [0, 0.05) is 24.7 Å². The first-order valence-electron chi connectivity index (χ1n) is 4.77. The van der Waals surface area contributed by atoms with Crippen molar-refractivity contribution in [3.8, 4) is 11.8 Å². The van der Waals surface area contributed by atoms with E-state index < -0.39 is 17.5 Å². The number of benzene rings is 1. The molecular weight excluding hydrogens is 249 g/mol. The Morgan fingerprint density at radius 2 is 1.88 bits per heavy atom. The number of carbonyl (C=O) groups excluding carboxylic acids is 1. The summed E-state index contributed by atoms with van der Waals surface area (Å²) in [6, 6.07) is 1.67. The molecule has 0 fully saturated rings. The Bertz CT molecular complexity index is 465. The van der Waals surface area contributed by atoms with Crippen molar-refractivity contribution in [2.24, 2.45) is 0 Å². The number of hydrogen-bond acceptors (Lipinski definition) is 2. The van der Waals surface area contributed by atoms with Crippen molar-refractivity contribution in [3.63, 3.8) is 0 Å². The Morgan fingerprint density at radius 3 is 2.41 bits per heavy atom. The van der Waals surface area contributed by atoms with Crippen LogP contribution in [0, 0.1) is 29.3 Å². The molecule has 0 spiro atoms. The number of carbonyl (C=O) groups is 1. The minimum absolute atomic E-state index is 0.00864. The molecule has 0 heterocycles. The lowest BCUT2D eigenvalue weighted by Gasteiger charge is -1.95. The molecule has 5 heteroatoms. The van der Waals surface area contributed by atoms with Crippen LogP contribution < -0.4 is 0 Å². The van der Waals surface area contributed by atoms with E-state index >= 15 is 0 Å². The van der Waals surface area contributed by atoms with Gasteiger partial charge in [0.15, 0.2) is 22.6 Å². The highest BCUT2D eigenvalue weighted by atomic mass is 32.2. The summed E-state index contributed by atoms with van der Waals surface area (Å²) in [6.07, 6.45) is 0.421. The van der Waals surface area contributed by atoms with Crippen molar-refractivity contribution >= 4 is 16.9 Å². The average Bonchev–Trinajstić information content (AvgIpc) is 2.25. The topological polar surface area (TPSA) is 17.1 Å². The van der Waals surface area contributed by atoms with Crippen molar-refractivity contribution < 1.29 is 18.0 Å². The van der Waals surface area contributed by atoms with Crippen molar-refractivity contribution in [3.05, 3.63) is 35.1 Å². The molecule has 0 aliphatic heterocycles. The van der Waals surface area contributed by atoms with E-state index in [1.165, 1.54) is 6.92 Å². The molecular formula is C12H9F3OS. The van der Waals surface area contributed by atoms with E-state index in [0.717, 1.165) is 23.9 Å². The molecule has 1 nitrogen and oxygen atoms in total. The molecule has 0 radical (unpaired) electrons. The van der Waals surface area contributed by atoms with Gasteiger partial charge in [-0.1, -0.05) is 23.6 Å². The second-order valence-electron chi connectivity index (χ2n) is 3.15. The highest BCUT2D eigenvalue weighted by Gasteiger charge is 2.08. The lowest BCUT2D eigenvalue weighted by atomic mass is 10.2. The standard InChI is InChI=1S/C12H9F3OS/c1-8(16)17-5-3-2-4-9-6-10(13)12(15)11(14)7-9/h6-7H,3,5H2,1H3. The lowest BCUT2D eigenvalue weighted by Crippen LogP contribution is -1.91. The van der Waals surface area contributed by atoms with E-state index in [-0.39, 0.29) is 10.7 Å². The smallest absolute Gasteiger partial charge is 0.194 e. The highest BCUT2D eigenvalue weighted by molar-refractivity contribution is 8.13. The molecule has 0 aliphatic rings. The van der Waals surface area contributed by atoms with E-state index in [9.17, 15) is 18.0 Å². The van der Waals surface area contributed by atoms with Crippen LogP contribution in [0.5, 0.6) is 0 Å². The van der Waals surface area contributed by atoms with E-state index in [4.69, 9.17) is 0 Å². The summed E-state index contributed by atoms with van der Waals surface area (Å²) in [5.41, 5.74) is 0.0780. The summed E-state index contributed by atoms with van der Waals surface area (Å²) in [5, 5.41) is -0.00864. The number of thioether (sulfide) groups is 1. The zero-order valence-electron chi connectivity index (χ0n) is 9.02. The molecule has 90 valence electrons. The molecule has 0 unspecified atom stereocenters. The van der Waals surface area contributed by atoms with Crippen LogP contribution in [0.25, 0.3) is 0 Å². The van der Waals surface area contributed by atoms with Crippen LogP contribution in [0.15, 0.2) is 12.1 Å². The maximum Gasteiger partial charge on any atom is 0.194 e. The monoisotopic (exact) mass is 258 g/mol. The van der Waals surface area contributed by atoms with Crippen molar-refractivity contribution in [1.29, 1.82) is 0 Å². The summed E-state index contributed by atoms with van der Waals surface area (Å²) in [6.45, 7) is 1.45. The first kappa shape index (κ1) is 13.7. The molecule has 1 rings (SSSR count). The Balaban J connectivity index is 2.63. The molecule has 1 aromatic rings. The Morgan fingerprint density at radius 1 is 1.29 bits per heavy atom. The van der Waals surface area contributed by atoms with Gasteiger partial charge in [0.1, 0.15) is 0 Å². The van der Waals surface area contributed by atoms with Gasteiger partial charge in [-0.3, -0.25) is 4.79 Å². The maximum absolute atomic E-state index is 12.8. The first-order valence-corrected chi connectivity index (χ1v) is 5.76. The normalized spacial score (nSPS) is 9.65. The van der Waals surface area contributed by atoms with Gasteiger partial charge < -0.3 is 0 Å². The third kappa shape index (κ3) is 4.53. The van der Waals surface area contributed by atoms with Crippen molar-refractivity contribution in [2.45, 2.75) is 13.3 Å². The third-order valence-electron chi connectivity index (χ3n) is 1.75. The zero-order chi connectivity index (χ0) is 12.8. The molecule has 1 aromatic carbocycles. The van der Waals surface area contributed by atoms with Crippen LogP contribution in [0.1, 0.15) is 18.9 Å². The van der Waals surface area contributed by atoms with Gasteiger partial charge in [0.2, 0.25) is 0 Å².